The standard InChI is InChI=1S/C49H93N2O6P/c1-6-8-10-12-14-16-18-20-22-24-25-27-28-30-32-34-36-38-40-42-48(52)47(46-57-58(54,55)56-45-44-51(3,4)5)50-49(53)43-41-39-37-35-33-31-29-26-23-21-19-17-15-13-11-9-7-2/h9,11,15,17,21,23,29,31,47-48,52H,6-8,10,12-14,16,18-20,22,24-28,30,32-46H2,1-5H3,(H-,50,53,54,55)/p+1/b11-9-,17-15-,23-21-,31-29-. The third kappa shape index (κ3) is 42.6. The summed E-state index contributed by atoms with van der Waals surface area (Å²) in [4.78, 5) is 23.2. The molecule has 0 radical (unpaired) electrons. The number of carbonyl (C=O) groups excluding carboxylic acids is 1. The molecule has 0 bridgehead atoms. The second kappa shape index (κ2) is 40.8. The van der Waals surface area contributed by atoms with Crippen LogP contribution in [0.5, 0.6) is 0 Å². The summed E-state index contributed by atoms with van der Waals surface area (Å²) in [6.07, 6.45) is 51.4. The van der Waals surface area contributed by atoms with Crippen molar-refractivity contribution in [3.05, 3.63) is 48.6 Å². The van der Waals surface area contributed by atoms with Crippen molar-refractivity contribution in [3.8, 4) is 0 Å². The maximum Gasteiger partial charge on any atom is 0.472 e. The van der Waals surface area contributed by atoms with Gasteiger partial charge < -0.3 is 19.8 Å². The molecule has 0 aliphatic heterocycles. The lowest BCUT2D eigenvalue weighted by Crippen LogP contribution is -2.46. The summed E-state index contributed by atoms with van der Waals surface area (Å²) in [7, 11) is 1.59. The van der Waals surface area contributed by atoms with E-state index in [0.717, 1.165) is 77.0 Å². The molecule has 58 heavy (non-hydrogen) atoms. The number of quaternary nitrogens is 1. The number of likely N-dealkylation sites (N-methyl/N-ethyl adjacent to an activating group) is 1. The van der Waals surface area contributed by atoms with E-state index in [9.17, 15) is 19.4 Å². The lowest BCUT2D eigenvalue weighted by Gasteiger charge is -2.26. The first-order chi connectivity index (χ1) is 28.0. The molecule has 1 amide bonds. The van der Waals surface area contributed by atoms with Gasteiger partial charge in [-0.1, -0.05) is 197 Å². The summed E-state index contributed by atoms with van der Waals surface area (Å²) >= 11 is 0. The van der Waals surface area contributed by atoms with Crippen LogP contribution in [0, 0.1) is 0 Å². The van der Waals surface area contributed by atoms with Gasteiger partial charge in [-0.05, 0) is 51.4 Å². The number of allylic oxidation sites excluding steroid dienone is 8. The van der Waals surface area contributed by atoms with Gasteiger partial charge in [0.1, 0.15) is 13.2 Å². The zero-order chi connectivity index (χ0) is 42.8. The first-order valence-corrected chi connectivity index (χ1v) is 25.5. The van der Waals surface area contributed by atoms with Crippen LogP contribution in [0.1, 0.15) is 206 Å². The minimum Gasteiger partial charge on any atom is -0.391 e. The number of hydrogen-bond donors (Lipinski definition) is 3. The monoisotopic (exact) mass is 838 g/mol. The van der Waals surface area contributed by atoms with Gasteiger partial charge in [0.05, 0.1) is 39.9 Å². The number of carbonyl (C=O) groups is 1. The van der Waals surface area contributed by atoms with Crippen LogP contribution in [0.3, 0.4) is 0 Å². The number of hydrogen-bond acceptors (Lipinski definition) is 5. The lowest BCUT2D eigenvalue weighted by atomic mass is 10.0. The molecule has 0 aliphatic rings. The minimum absolute atomic E-state index is 0.0680. The Labute approximate surface area is 359 Å². The van der Waals surface area contributed by atoms with Crippen LogP contribution in [-0.4, -0.2) is 73.4 Å². The van der Waals surface area contributed by atoms with Crippen LogP contribution in [-0.2, 0) is 18.4 Å². The molecule has 3 atom stereocenters. The molecule has 0 heterocycles. The first-order valence-electron chi connectivity index (χ1n) is 24.0. The zero-order valence-electron chi connectivity index (χ0n) is 38.5. The first kappa shape index (κ1) is 56.5. The van der Waals surface area contributed by atoms with E-state index in [2.05, 4.69) is 67.8 Å². The van der Waals surface area contributed by atoms with Crippen molar-refractivity contribution < 1.29 is 32.9 Å². The molecule has 8 nitrogen and oxygen atoms in total. The Morgan fingerprint density at radius 1 is 0.603 bits per heavy atom. The molecule has 0 rings (SSSR count). The lowest BCUT2D eigenvalue weighted by molar-refractivity contribution is -0.870. The molecular formula is C49H94N2O6P+. The SMILES string of the molecule is CC/C=C\C/C=C\C/C=C\C/C=C\CCCCCCC(=O)NC(COP(=O)(O)OCC[N+](C)(C)C)C(O)CCCCCCCCCCCCCCCCCCCCC. The molecule has 340 valence electrons. The highest BCUT2D eigenvalue weighted by molar-refractivity contribution is 7.47. The van der Waals surface area contributed by atoms with Crippen LogP contribution in [0.25, 0.3) is 0 Å². The van der Waals surface area contributed by atoms with Gasteiger partial charge in [0.2, 0.25) is 5.91 Å². The summed E-state index contributed by atoms with van der Waals surface area (Å²) in [5.74, 6) is -0.168. The van der Waals surface area contributed by atoms with E-state index in [0.29, 0.717) is 23.9 Å². The number of nitrogens with one attached hydrogen (secondary N) is 1. The van der Waals surface area contributed by atoms with Crippen molar-refractivity contribution in [2.75, 3.05) is 40.9 Å². The number of aliphatic hydroxyl groups is 1. The number of phosphoric acid groups is 1. The topological polar surface area (TPSA) is 105 Å². The molecule has 0 saturated heterocycles. The van der Waals surface area contributed by atoms with Gasteiger partial charge in [0.15, 0.2) is 0 Å². The van der Waals surface area contributed by atoms with Crippen molar-refractivity contribution in [1.82, 2.24) is 5.32 Å². The molecule has 9 heteroatoms. The number of aliphatic hydroxyl groups excluding tert-OH is 1. The number of amides is 1. The number of phosphoric ester groups is 1. The fraction of sp³-hybridized carbons (Fsp3) is 0.816. The molecule has 0 fully saturated rings. The molecule has 0 aromatic carbocycles. The minimum atomic E-state index is -4.32. The van der Waals surface area contributed by atoms with E-state index in [1.807, 2.05) is 21.1 Å². The molecular weight excluding hydrogens is 744 g/mol. The van der Waals surface area contributed by atoms with Crippen molar-refractivity contribution in [2.45, 2.75) is 219 Å². The third-order valence-electron chi connectivity index (χ3n) is 10.6. The van der Waals surface area contributed by atoms with E-state index < -0.39 is 20.0 Å². The molecule has 0 aliphatic carbocycles. The van der Waals surface area contributed by atoms with E-state index in [1.165, 1.54) is 103 Å². The predicted molar refractivity (Wildman–Crippen MR) is 249 cm³/mol. The van der Waals surface area contributed by atoms with Gasteiger partial charge in [-0.3, -0.25) is 13.8 Å². The molecule has 3 unspecified atom stereocenters. The van der Waals surface area contributed by atoms with E-state index in [-0.39, 0.29) is 19.1 Å². The quantitative estimate of drug-likeness (QED) is 0.0244. The zero-order valence-corrected chi connectivity index (χ0v) is 39.4. The number of unbranched alkanes of at least 4 members (excludes halogenated alkanes) is 22. The fourth-order valence-electron chi connectivity index (χ4n) is 6.80. The Balaban J connectivity index is 4.36. The Bertz CT molecular complexity index is 1090. The Morgan fingerprint density at radius 2 is 1.03 bits per heavy atom. The van der Waals surface area contributed by atoms with Crippen LogP contribution in [0.4, 0.5) is 0 Å². The van der Waals surface area contributed by atoms with E-state index in [1.54, 1.807) is 0 Å². The molecule has 0 aromatic heterocycles. The highest BCUT2D eigenvalue weighted by atomic mass is 31.2. The van der Waals surface area contributed by atoms with Gasteiger partial charge in [-0.25, -0.2) is 4.57 Å². The van der Waals surface area contributed by atoms with Crippen molar-refractivity contribution in [1.29, 1.82) is 0 Å². The fourth-order valence-corrected chi connectivity index (χ4v) is 7.54. The highest BCUT2D eigenvalue weighted by Gasteiger charge is 2.28. The summed E-state index contributed by atoms with van der Waals surface area (Å²) in [5.41, 5.74) is 0. The normalized spacial score (nSPS) is 14.7. The van der Waals surface area contributed by atoms with Gasteiger partial charge in [-0.15, -0.1) is 0 Å². The highest BCUT2D eigenvalue weighted by Crippen LogP contribution is 2.43. The summed E-state index contributed by atoms with van der Waals surface area (Å²) in [5, 5.41) is 14.0. The molecule has 0 spiro atoms. The molecule has 0 aromatic rings. The van der Waals surface area contributed by atoms with Crippen LogP contribution < -0.4 is 5.32 Å². The van der Waals surface area contributed by atoms with Gasteiger partial charge >= 0.3 is 7.82 Å². The van der Waals surface area contributed by atoms with Crippen LogP contribution in [0.2, 0.25) is 0 Å². The smallest absolute Gasteiger partial charge is 0.391 e. The molecule has 3 N–H and O–H groups in total. The second-order valence-corrected chi connectivity index (χ2v) is 18.9. The van der Waals surface area contributed by atoms with Gasteiger partial charge in [0, 0.05) is 6.42 Å². The second-order valence-electron chi connectivity index (χ2n) is 17.5. The third-order valence-corrected chi connectivity index (χ3v) is 11.6. The van der Waals surface area contributed by atoms with Gasteiger partial charge in [0.25, 0.3) is 0 Å². The Kier molecular flexibility index (Phi) is 39.8. The van der Waals surface area contributed by atoms with Crippen molar-refractivity contribution >= 4 is 13.7 Å². The van der Waals surface area contributed by atoms with Crippen LogP contribution in [0.15, 0.2) is 48.6 Å². The summed E-state index contributed by atoms with van der Waals surface area (Å²) < 4.78 is 23.7. The van der Waals surface area contributed by atoms with E-state index >= 15 is 0 Å². The Hall–Kier alpha value is -1.54. The summed E-state index contributed by atoms with van der Waals surface area (Å²) in [6.45, 7) is 4.76. The largest absolute Gasteiger partial charge is 0.472 e. The average Bonchev–Trinajstić information content (AvgIpc) is 3.17. The maximum absolute atomic E-state index is 12.9. The maximum atomic E-state index is 12.9. The Morgan fingerprint density at radius 3 is 1.52 bits per heavy atom. The van der Waals surface area contributed by atoms with E-state index in [4.69, 9.17) is 9.05 Å². The number of nitrogens with zero attached hydrogens (tertiary/aromatic N) is 1. The van der Waals surface area contributed by atoms with Crippen molar-refractivity contribution in [2.24, 2.45) is 0 Å². The molecule has 0 saturated carbocycles. The average molecular weight is 838 g/mol. The number of rotatable bonds is 43. The van der Waals surface area contributed by atoms with Crippen molar-refractivity contribution in [3.63, 3.8) is 0 Å². The van der Waals surface area contributed by atoms with Crippen LogP contribution >= 0.6 is 7.82 Å². The summed E-state index contributed by atoms with van der Waals surface area (Å²) in [6, 6.07) is -0.774. The van der Waals surface area contributed by atoms with Gasteiger partial charge in [-0.2, -0.15) is 0 Å². The predicted octanol–water partition coefficient (Wildman–Crippen LogP) is 13.6.